The van der Waals surface area contributed by atoms with E-state index in [9.17, 15) is 14.4 Å². The Morgan fingerprint density at radius 1 is 1.07 bits per heavy atom. The van der Waals surface area contributed by atoms with Crippen molar-refractivity contribution in [3.63, 3.8) is 0 Å². The first kappa shape index (κ1) is 17.9. The fourth-order valence-electron chi connectivity index (χ4n) is 2.92. The maximum Gasteiger partial charge on any atom is 0.345 e. The Morgan fingerprint density at radius 2 is 1.82 bits per heavy atom. The molecular weight excluding hydrogens is 378 g/mol. The quantitative estimate of drug-likeness (QED) is 0.409. The van der Waals surface area contributed by atoms with Crippen molar-refractivity contribution in [3.8, 4) is 0 Å². The van der Waals surface area contributed by atoms with E-state index in [0.717, 1.165) is 5.39 Å². The Bertz CT molecular complexity index is 1270. The highest BCUT2D eigenvalue weighted by Crippen LogP contribution is 2.31. The molecule has 2 aromatic carbocycles. The van der Waals surface area contributed by atoms with Crippen molar-refractivity contribution in [1.29, 1.82) is 0 Å². The van der Waals surface area contributed by atoms with E-state index in [0.29, 0.717) is 26.2 Å². The topological polar surface area (TPSA) is 85.6 Å². The van der Waals surface area contributed by atoms with Crippen LogP contribution in [-0.4, -0.2) is 18.5 Å². The van der Waals surface area contributed by atoms with Crippen LogP contribution in [0.1, 0.15) is 27.0 Å². The van der Waals surface area contributed by atoms with Crippen molar-refractivity contribution in [2.75, 3.05) is 11.9 Å². The van der Waals surface area contributed by atoms with Crippen LogP contribution in [0.25, 0.3) is 21.1 Å². The maximum absolute atomic E-state index is 12.8. The van der Waals surface area contributed by atoms with E-state index < -0.39 is 17.5 Å². The van der Waals surface area contributed by atoms with Gasteiger partial charge in [-0.3, -0.25) is 4.79 Å². The molecule has 0 aliphatic rings. The number of para-hydroxylation sites is 2. The average molecular weight is 393 g/mol. The molecule has 0 saturated carbocycles. The van der Waals surface area contributed by atoms with Gasteiger partial charge in [0.25, 0.3) is 5.91 Å². The summed E-state index contributed by atoms with van der Waals surface area (Å²) in [6.07, 6.45) is 0. The van der Waals surface area contributed by atoms with Crippen molar-refractivity contribution < 1.29 is 18.7 Å². The van der Waals surface area contributed by atoms with Crippen molar-refractivity contribution in [3.05, 3.63) is 75.5 Å². The summed E-state index contributed by atoms with van der Waals surface area (Å²) in [5.41, 5.74) is 0.599. The van der Waals surface area contributed by atoms with Crippen molar-refractivity contribution in [2.24, 2.45) is 0 Å². The lowest BCUT2D eigenvalue weighted by Crippen LogP contribution is -2.15. The summed E-state index contributed by atoms with van der Waals surface area (Å²) >= 11 is 1.20. The molecule has 2 aromatic heterocycles. The van der Waals surface area contributed by atoms with E-state index in [4.69, 9.17) is 9.15 Å². The van der Waals surface area contributed by atoms with E-state index in [-0.39, 0.29) is 12.2 Å². The molecule has 4 aromatic rings. The summed E-state index contributed by atoms with van der Waals surface area (Å²) in [7, 11) is 0. The van der Waals surface area contributed by atoms with Gasteiger partial charge in [0, 0.05) is 5.39 Å². The van der Waals surface area contributed by atoms with Gasteiger partial charge < -0.3 is 14.5 Å². The zero-order valence-corrected chi connectivity index (χ0v) is 15.7. The van der Waals surface area contributed by atoms with Gasteiger partial charge in [-0.15, -0.1) is 11.3 Å². The number of carbonyl (C=O) groups is 2. The number of nitrogens with one attached hydrogen (secondary N) is 1. The lowest BCUT2D eigenvalue weighted by atomic mass is 10.1. The average Bonchev–Trinajstić information content (AvgIpc) is 3.15. The molecule has 0 bridgehead atoms. The second-order valence-corrected chi connectivity index (χ2v) is 7.01. The number of carbonyl (C=O) groups excluding carboxylic acids is 2. The van der Waals surface area contributed by atoms with E-state index in [1.54, 1.807) is 43.3 Å². The number of amides is 1. The molecule has 0 atom stereocenters. The van der Waals surface area contributed by atoms with Gasteiger partial charge in [0.05, 0.1) is 32.8 Å². The molecule has 28 heavy (non-hydrogen) atoms. The molecule has 140 valence electrons. The minimum atomic E-state index is -0.513. The highest BCUT2D eigenvalue weighted by molar-refractivity contribution is 7.21. The largest absolute Gasteiger partial charge is 0.462 e. The second-order valence-electron chi connectivity index (χ2n) is 5.96. The minimum Gasteiger partial charge on any atom is -0.462 e. The predicted molar refractivity (Wildman–Crippen MR) is 108 cm³/mol. The van der Waals surface area contributed by atoms with E-state index in [1.807, 2.05) is 12.1 Å². The van der Waals surface area contributed by atoms with E-state index >= 15 is 0 Å². The normalized spacial score (nSPS) is 10.9. The summed E-state index contributed by atoms with van der Waals surface area (Å²) in [6, 6.07) is 15.3. The van der Waals surface area contributed by atoms with Crippen molar-refractivity contribution in [1.82, 2.24) is 0 Å². The summed E-state index contributed by atoms with van der Waals surface area (Å²) in [6.45, 7) is 1.95. The molecule has 0 aliphatic carbocycles. The number of thiophene rings is 1. The number of fused-ring (bicyclic) bond motifs is 3. The number of benzene rings is 2. The van der Waals surface area contributed by atoms with Crippen LogP contribution in [0.15, 0.2) is 63.8 Å². The zero-order chi connectivity index (χ0) is 19.7. The number of anilines is 1. The van der Waals surface area contributed by atoms with Gasteiger partial charge in [0.1, 0.15) is 5.58 Å². The fraction of sp³-hybridized carbons (Fsp3) is 0.0952. The van der Waals surface area contributed by atoms with E-state index in [2.05, 4.69) is 5.32 Å². The Kier molecular flexibility index (Phi) is 4.67. The Morgan fingerprint density at radius 3 is 2.64 bits per heavy atom. The van der Waals surface area contributed by atoms with E-state index in [1.165, 1.54) is 17.4 Å². The SMILES string of the molecule is CCOC(=O)c1ccccc1NC(=O)c1cc2c(=O)oc3ccccc3c2s1. The van der Waals surface area contributed by atoms with Gasteiger partial charge in [-0.25, -0.2) is 9.59 Å². The van der Waals surface area contributed by atoms with Crippen LogP contribution in [0, 0.1) is 0 Å². The van der Waals surface area contributed by atoms with Crippen LogP contribution in [-0.2, 0) is 4.74 Å². The number of hydrogen-bond donors (Lipinski definition) is 1. The first-order chi connectivity index (χ1) is 13.6. The predicted octanol–water partition coefficient (Wildman–Crippen LogP) is 4.44. The van der Waals surface area contributed by atoms with Crippen molar-refractivity contribution >= 4 is 50.0 Å². The first-order valence-electron chi connectivity index (χ1n) is 8.61. The molecule has 6 nitrogen and oxygen atoms in total. The Hall–Kier alpha value is -3.45. The molecule has 4 rings (SSSR count). The number of hydrogen-bond acceptors (Lipinski definition) is 6. The van der Waals surface area contributed by atoms with Gasteiger partial charge >= 0.3 is 11.6 Å². The standard InChI is InChI=1S/C21H15NO5S/c1-2-26-20(24)12-7-3-5-9-15(12)22-19(23)17-11-14-18(28-17)13-8-4-6-10-16(13)27-21(14)25/h3-11H,2H2,1H3,(H,22,23). The number of esters is 1. The smallest absolute Gasteiger partial charge is 0.345 e. The molecule has 1 N–H and O–H groups in total. The fourth-order valence-corrected chi connectivity index (χ4v) is 3.99. The highest BCUT2D eigenvalue weighted by Gasteiger charge is 2.18. The van der Waals surface area contributed by atoms with Crippen molar-refractivity contribution in [2.45, 2.75) is 6.92 Å². The third-order valence-electron chi connectivity index (χ3n) is 4.18. The van der Waals surface area contributed by atoms with Crippen LogP contribution in [0.2, 0.25) is 0 Å². The highest BCUT2D eigenvalue weighted by atomic mass is 32.1. The first-order valence-corrected chi connectivity index (χ1v) is 9.43. The molecule has 0 saturated heterocycles. The molecule has 0 aliphatic heterocycles. The Labute approximate surface area is 163 Å². The third-order valence-corrected chi connectivity index (χ3v) is 5.35. The minimum absolute atomic E-state index is 0.236. The third kappa shape index (κ3) is 3.16. The maximum atomic E-state index is 12.8. The van der Waals surface area contributed by atoms with Gasteiger partial charge in [-0.05, 0) is 37.3 Å². The summed E-state index contributed by atoms with van der Waals surface area (Å²) in [4.78, 5) is 37.5. The van der Waals surface area contributed by atoms with Gasteiger partial charge in [-0.1, -0.05) is 24.3 Å². The van der Waals surface area contributed by atoms with Gasteiger partial charge in [0.15, 0.2) is 0 Å². The molecule has 1 amide bonds. The van der Waals surface area contributed by atoms with Crippen LogP contribution >= 0.6 is 11.3 Å². The summed E-state index contributed by atoms with van der Waals surface area (Å²) < 4.78 is 11.0. The van der Waals surface area contributed by atoms with Crippen LogP contribution < -0.4 is 10.9 Å². The lowest BCUT2D eigenvalue weighted by molar-refractivity contribution is 0.0527. The molecule has 0 unspecified atom stereocenters. The molecule has 0 spiro atoms. The lowest BCUT2D eigenvalue weighted by Gasteiger charge is -2.09. The molecule has 2 heterocycles. The molecular formula is C21H15NO5S. The molecule has 7 heteroatoms. The van der Waals surface area contributed by atoms with Gasteiger partial charge in [-0.2, -0.15) is 0 Å². The van der Waals surface area contributed by atoms with Crippen LogP contribution in [0.4, 0.5) is 5.69 Å². The zero-order valence-electron chi connectivity index (χ0n) is 14.9. The molecule has 0 fully saturated rings. The monoisotopic (exact) mass is 393 g/mol. The number of rotatable bonds is 4. The second kappa shape index (κ2) is 7.28. The summed E-state index contributed by atoms with van der Waals surface area (Å²) in [5, 5.41) is 3.86. The van der Waals surface area contributed by atoms with Crippen LogP contribution in [0.3, 0.4) is 0 Å². The van der Waals surface area contributed by atoms with Crippen LogP contribution in [0.5, 0.6) is 0 Å². The van der Waals surface area contributed by atoms with Gasteiger partial charge in [0.2, 0.25) is 0 Å². The Balaban J connectivity index is 1.73. The summed E-state index contributed by atoms with van der Waals surface area (Å²) in [5.74, 6) is -0.928. The molecule has 0 radical (unpaired) electrons. The number of ether oxygens (including phenoxy) is 1.